The van der Waals surface area contributed by atoms with Crippen LogP contribution in [0.1, 0.15) is 16.1 Å². The number of carbonyl (C=O) groups excluding carboxylic acids is 1. The molecule has 0 aliphatic carbocycles. The molecule has 2 aromatic rings. The van der Waals surface area contributed by atoms with E-state index in [1.54, 1.807) is 0 Å². The standard InChI is InChI=1S/C17H15F6N3O2/c1-10-6-5-9-13(24-10)25-15(16(18,19)20,17(21,22)23)26-14(27)11-7-3-4-8-12(11)28-2/h3-9H,1-2H3,(H,24,25)(H,26,27). The first-order valence-electron chi connectivity index (χ1n) is 7.72. The lowest BCUT2D eigenvalue weighted by Crippen LogP contribution is -2.72. The first-order chi connectivity index (χ1) is 12.9. The normalized spacial score (nSPS) is 12.4. The van der Waals surface area contributed by atoms with Crippen molar-refractivity contribution in [2.75, 3.05) is 12.4 Å². The molecule has 2 rings (SSSR count). The van der Waals surface area contributed by atoms with E-state index in [0.717, 1.165) is 24.6 Å². The van der Waals surface area contributed by atoms with Gasteiger partial charge in [0.05, 0.1) is 12.7 Å². The summed E-state index contributed by atoms with van der Waals surface area (Å²) in [5, 5.41) is 2.37. The van der Waals surface area contributed by atoms with Gasteiger partial charge in [0.2, 0.25) is 0 Å². The van der Waals surface area contributed by atoms with Gasteiger partial charge in [0.25, 0.3) is 5.91 Å². The number of pyridine rings is 1. The van der Waals surface area contributed by atoms with Crippen molar-refractivity contribution in [2.45, 2.75) is 24.9 Å². The Bertz CT molecular complexity index is 837. The van der Waals surface area contributed by atoms with E-state index in [1.807, 2.05) is 0 Å². The predicted molar refractivity (Wildman–Crippen MR) is 87.9 cm³/mol. The Labute approximate surface area is 155 Å². The quantitative estimate of drug-likeness (QED) is 0.580. The Balaban J connectivity index is 2.56. The highest BCUT2D eigenvalue weighted by molar-refractivity contribution is 5.97. The van der Waals surface area contributed by atoms with E-state index in [1.165, 1.54) is 42.6 Å². The van der Waals surface area contributed by atoms with Gasteiger partial charge in [0.15, 0.2) is 0 Å². The third kappa shape index (κ3) is 4.12. The zero-order valence-corrected chi connectivity index (χ0v) is 14.6. The molecule has 1 aromatic heterocycles. The van der Waals surface area contributed by atoms with Crippen LogP contribution in [0.3, 0.4) is 0 Å². The maximum Gasteiger partial charge on any atom is 0.439 e. The SMILES string of the molecule is COc1ccccc1C(=O)NC(Nc1cccc(C)n1)(C(F)(F)F)C(F)(F)F. The second-order valence-electron chi connectivity index (χ2n) is 5.69. The Morgan fingerprint density at radius 3 is 2.11 bits per heavy atom. The topological polar surface area (TPSA) is 63.2 Å². The lowest BCUT2D eigenvalue weighted by Gasteiger charge is -2.38. The summed E-state index contributed by atoms with van der Waals surface area (Å²) in [5.41, 5.74) is -5.10. The second kappa shape index (κ2) is 7.56. The number of anilines is 1. The summed E-state index contributed by atoms with van der Waals surface area (Å²) in [5.74, 6) is -2.53. The molecule has 28 heavy (non-hydrogen) atoms. The number of hydrogen-bond acceptors (Lipinski definition) is 4. The van der Waals surface area contributed by atoms with Gasteiger partial charge in [-0.2, -0.15) is 26.3 Å². The van der Waals surface area contributed by atoms with Crippen LogP contribution in [0.5, 0.6) is 5.75 Å². The average molecular weight is 407 g/mol. The van der Waals surface area contributed by atoms with Gasteiger partial charge in [-0.05, 0) is 31.2 Å². The molecule has 0 saturated carbocycles. The van der Waals surface area contributed by atoms with E-state index >= 15 is 0 Å². The zero-order valence-electron chi connectivity index (χ0n) is 14.6. The summed E-state index contributed by atoms with van der Waals surface area (Å²) in [6.07, 6.45) is -11.9. The van der Waals surface area contributed by atoms with Crippen LogP contribution < -0.4 is 15.4 Å². The molecule has 152 valence electrons. The van der Waals surface area contributed by atoms with Crippen molar-refractivity contribution < 1.29 is 35.9 Å². The summed E-state index contributed by atoms with van der Waals surface area (Å²) in [7, 11) is 1.13. The molecule has 0 aliphatic heterocycles. The van der Waals surface area contributed by atoms with E-state index in [9.17, 15) is 31.1 Å². The number of halogens is 6. The van der Waals surface area contributed by atoms with Crippen molar-refractivity contribution in [2.24, 2.45) is 0 Å². The van der Waals surface area contributed by atoms with Gasteiger partial charge in [-0.3, -0.25) is 4.79 Å². The molecule has 0 radical (unpaired) electrons. The van der Waals surface area contributed by atoms with Crippen molar-refractivity contribution in [3.63, 3.8) is 0 Å². The molecular weight excluding hydrogens is 392 g/mol. The lowest BCUT2D eigenvalue weighted by atomic mass is 10.1. The minimum absolute atomic E-state index is 0.180. The van der Waals surface area contributed by atoms with Crippen LogP contribution in [-0.4, -0.2) is 36.0 Å². The van der Waals surface area contributed by atoms with E-state index in [2.05, 4.69) is 4.98 Å². The van der Waals surface area contributed by atoms with Crippen LogP contribution in [0.2, 0.25) is 0 Å². The fourth-order valence-corrected chi connectivity index (χ4v) is 2.35. The molecule has 0 fully saturated rings. The monoisotopic (exact) mass is 407 g/mol. The highest BCUT2D eigenvalue weighted by Crippen LogP contribution is 2.43. The number of nitrogens with one attached hydrogen (secondary N) is 2. The highest BCUT2D eigenvalue weighted by Gasteiger charge is 2.73. The fourth-order valence-electron chi connectivity index (χ4n) is 2.35. The summed E-state index contributed by atoms with van der Waals surface area (Å²) >= 11 is 0. The largest absolute Gasteiger partial charge is 0.496 e. The lowest BCUT2D eigenvalue weighted by molar-refractivity contribution is -0.294. The molecule has 0 atom stereocenters. The summed E-state index contributed by atoms with van der Waals surface area (Å²) in [4.78, 5) is 16.0. The Hall–Kier alpha value is -2.98. The summed E-state index contributed by atoms with van der Waals surface area (Å²) in [6.45, 7) is 1.39. The van der Waals surface area contributed by atoms with Crippen LogP contribution in [0.25, 0.3) is 0 Å². The number of methoxy groups -OCH3 is 1. The Morgan fingerprint density at radius 1 is 0.964 bits per heavy atom. The van der Waals surface area contributed by atoms with E-state index in [0.29, 0.717) is 0 Å². The third-order valence-corrected chi connectivity index (χ3v) is 3.71. The summed E-state index contributed by atoms with van der Waals surface area (Å²) in [6, 6.07) is 8.49. The van der Waals surface area contributed by atoms with Gasteiger partial charge in [0.1, 0.15) is 11.6 Å². The number of hydrogen-bond donors (Lipinski definition) is 2. The highest BCUT2D eigenvalue weighted by atomic mass is 19.4. The van der Waals surface area contributed by atoms with Crippen molar-refractivity contribution in [1.82, 2.24) is 10.3 Å². The first kappa shape index (κ1) is 21.3. The minimum atomic E-state index is -5.95. The molecule has 0 bridgehead atoms. The molecule has 1 heterocycles. The molecule has 0 unspecified atom stereocenters. The molecule has 0 spiro atoms. The van der Waals surface area contributed by atoms with Crippen LogP contribution in [0.4, 0.5) is 32.2 Å². The van der Waals surface area contributed by atoms with Crippen LogP contribution in [0.15, 0.2) is 42.5 Å². The molecular formula is C17H15F6N3O2. The van der Waals surface area contributed by atoms with Crippen molar-refractivity contribution in [3.8, 4) is 5.75 Å². The van der Waals surface area contributed by atoms with Gasteiger partial charge in [-0.1, -0.05) is 18.2 Å². The van der Waals surface area contributed by atoms with Crippen LogP contribution in [0, 0.1) is 6.92 Å². The molecule has 0 saturated heterocycles. The molecule has 2 N–H and O–H groups in total. The number of benzene rings is 1. The number of aromatic nitrogens is 1. The minimum Gasteiger partial charge on any atom is -0.496 e. The maximum atomic E-state index is 13.7. The summed E-state index contributed by atoms with van der Waals surface area (Å²) < 4.78 is 86.8. The van der Waals surface area contributed by atoms with Crippen LogP contribution in [-0.2, 0) is 0 Å². The predicted octanol–water partition coefficient (Wildman–Crippen LogP) is 4.06. The van der Waals surface area contributed by atoms with Gasteiger partial charge >= 0.3 is 18.0 Å². The van der Waals surface area contributed by atoms with E-state index < -0.39 is 35.3 Å². The number of para-hydroxylation sites is 1. The number of nitrogens with zero attached hydrogens (tertiary/aromatic N) is 1. The Kier molecular flexibility index (Phi) is 5.76. The number of alkyl halides is 6. The third-order valence-electron chi connectivity index (χ3n) is 3.71. The van der Waals surface area contributed by atoms with E-state index in [4.69, 9.17) is 4.74 Å². The molecule has 11 heteroatoms. The first-order valence-corrected chi connectivity index (χ1v) is 7.72. The average Bonchev–Trinajstić information content (AvgIpc) is 2.59. The zero-order chi connectivity index (χ0) is 21.2. The number of carbonyl (C=O) groups is 1. The number of aryl methyl sites for hydroxylation is 1. The molecule has 0 aliphatic rings. The molecule has 1 aromatic carbocycles. The molecule has 1 amide bonds. The smallest absolute Gasteiger partial charge is 0.439 e. The van der Waals surface area contributed by atoms with Crippen molar-refractivity contribution >= 4 is 11.7 Å². The van der Waals surface area contributed by atoms with E-state index in [-0.39, 0.29) is 11.4 Å². The van der Waals surface area contributed by atoms with Gasteiger partial charge in [-0.15, -0.1) is 0 Å². The number of ether oxygens (including phenoxy) is 1. The maximum absolute atomic E-state index is 13.7. The van der Waals surface area contributed by atoms with Crippen molar-refractivity contribution in [3.05, 3.63) is 53.7 Å². The Morgan fingerprint density at radius 2 is 1.57 bits per heavy atom. The van der Waals surface area contributed by atoms with Gasteiger partial charge in [-0.25, -0.2) is 4.98 Å². The second-order valence-corrected chi connectivity index (χ2v) is 5.69. The van der Waals surface area contributed by atoms with Crippen LogP contribution >= 0.6 is 0 Å². The molecule has 5 nitrogen and oxygen atoms in total. The van der Waals surface area contributed by atoms with Gasteiger partial charge < -0.3 is 15.4 Å². The fraction of sp³-hybridized carbons (Fsp3) is 0.294. The number of amides is 1. The van der Waals surface area contributed by atoms with Crippen molar-refractivity contribution in [1.29, 1.82) is 0 Å². The van der Waals surface area contributed by atoms with Gasteiger partial charge in [0, 0.05) is 5.69 Å². The number of rotatable bonds is 5.